The van der Waals surface area contributed by atoms with Gasteiger partial charge in [-0.3, -0.25) is 14.6 Å². The molecule has 2 aromatic rings. The van der Waals surface area contributed by atoms with Crippen molar-refractivity contribution >= 4 is 29.0 Å². The van der Waals surface area contributed by atoms with Crippen LogP contribution in [0.15, 0.2) is 30.6 Å². The number of carbonyl (C=O) groups is 2. The average Bonchev–Trinajstić information content (AvgIpc) is 2.55. The van der Waals surface area contributed by atoms with Crippen LogP contribution < -0.4 is 16.0 Å². The van der Waals surface area contributed by atoms with Crippen LogP contribution in [0.1, 0.15) is 6.92 Å². The number of nitrogens with two attached hydrogens (primary N) is 1. The van der Waals surface area contributed by atoms with Gasteiger partial charge in [-0.1, -0.05) is 0 Å². The van der Waals surface area contributed by atoms with Crippen molar-refractivity contribution < 1.29 is 14.3 Å². The number of nitrogens with one attached hydrogen (secondary N) is 1. The van der Waals surface area contributed by atoms with Crippen molar-refractivity contribution in [1.82, 2.24) is 9.97 Å². The van der Waals surface area contributed by atoms with E-state index in [1.807, 2.05) is 6.07 Å². The molecule has 3 heterocycles. The Morgan fingerprint density at radius 2 is 2.17 bits per heavy atom. The standard InChI is InChI=1S/C16H17N5O3/c1-10(22)20-15-6-13(17)12(8-19-15)14-3-2-11(7-18-14)21-4-5-24-9-16(21)23/h2-3,6-8H,4-5,9H2,1H3,(H3,17,19,20,22). The first-order valence-electron chi connectivity index (χ1n) is 7.42. The summed E-state index contributed by atoms with van der Waals surface area (Å²) < 4.78 is 5.11. The van der Waals surface area contributed by atoms with Gasteiger partial charge in [-0.2, -0.15) is 0 Å². The Kier molecular flexibility index (Phi) is 4.39. The Bertz CT molecular complexity index is 776. The molecule has 2 amide bonds. The van der Waals surface area contributed by atoms with Crippen LogP contribution >= 0.6 is 0 Å². The first-order chi connectivity index (χ1) is 11.5. The number of ether oxygens (including phenoxy) is 1. The first-order valence-corrected chi connectivity index (χ1v) is 7.42. The molecule has 0 radical (unpaired) electrons. The largest absolute Gasteiger partial charge is 0.398 e. The number of nitrogen functional groups attached to an aromatic ring is 1. The van der Waals surface area contributed by atoms with E-state index in [9.17, 15) is 9.59 Å². The van der Waals surface area contributed by atoms with Crippen LogP contribution in [-0.4, -0.2) is 41.5 Å². The van der Waals surface area contributed by atoms with Gasteiger partial charge in [0.25, 0.3) is 5.91 Å². The first kappa shape index (κ1) is 15.9. The van der Waals surface area contributed by atoms with Gasteiger partial charge in [0.05, 0.1) is 24.2 Å². The molecule has 0 aromatic carbocycles. The number of hydrogen-bond donors (Lipinski definition) is 2. The van der Waals surface area contributed by atoms with Gasteiger partial charge >= 0.3 is 0 Å². The summed E-state index contributed by atoms with van der Waals surface area (Å²) in [6, 6.07) is 5.17. The van der Waals surface area contributed by atoms with E-state index in [1.165, 1.54) is 6.92 Å². The number of hydrogen-bond acceptors (Lipinski definition) is 6. The third kappa shape index (κ3) is 3.33. The number of anilines is 3. The van der Waals surface area contributed by atoms with E-state index in [2.05, 4.69) is 15.3 Å². The normalized spacial score (nSPS) is 14.5. The summed E-state index contributed by atoms with van der Waals surface area (Å²) in [4.78, 5) is 33.0. The summed E-state index contributed by atoms with van der Waals surface area (Å²) in [7, 11) is 0. The molecule has 0 unspecified atom stereocenters. The van der Waals surface area contributed by atoms with Crippen molar-refractivity contribution in [3.63, 3.8) is 0 Å². The van der Waals surface area contributed by atoms with Gasteiger partial charge in [-0.25, -0.2) is 4.98 Å². The molecule has 8 nitrogen and oxygen atoms in total. The summed E-state index contributed by atoms with van der Waals surface area (Å²) in [5.74, 6) is 0.0863. The molecule has 3 rings (SSSR count). The maximum absolute atomic E-state index is 11.8. The second-order valence-electron chi connectivity index (χ2n) is 5.34. The number of morpholine rings is 1. The number of amides is 2. The Morgan fingerprint density at radius 1 is 1.33 bits per heavy atom. The number of pyridine rings is 2. The van der Waals surface area contributed by atoms with Gasteiger partial charge in [-0.15, -0.1) is 0 Å². The van der Waals surface area contributed by atoms with E-state index in [0.717, 1.165) is 0 Å². The van der Waals surface area contributed by atoms with E-state index in [0.29, 0.717) is 41.6 Å². The lowest BCUT2D eigenvalue weighted by molar-refractivity contribution is -0.125. The third-order valence-corrected chi connectivity index (χ3v) is 3.56. The van der Waals surface area contributed by atoms with Crippen molar-refractivity contribution in [2.75, 3.05) is 35.7 Å². The summed E-state index contributed by atoms with van der Waals surface area (Å²) in [5, 5.41) is 2.57. The topological polar surface area (TPSA) is 110 Å². The van der Waals surface area contributed by atoms with Gasteiger partial charge in [-0.05, 0) is 12.1 Å². The molecule has 0 saturated carbocycles. The van der Waals surface area contributed by atoms with Crippen LogP contribution in [0.4, 0.5) is 17.2 Å². The molecule has 1 aliphatic rings. The summed E-state index contributed by atoms with van der Waals surface area (Å²) in [5.41, 5.74) is 8.49. The minimum Gasteiger partial charge on any atom is -0.398 e. The zero-order valence-corrected chi connectivity index (χ0v) is 13.2. The van der Waals surface area contributed by atoms with Gasteiger partial charge in [0.2, 0.25) is 5.91 Å². The Balaban J connectivity index is 1.83. The molecule has 1 aliphatic heterocycles. The maximum atomic E-state index is 11.8. The Hall–Kier alpha value is -3.00. The Labute approximate surface area is 138 Å². The van der Waals surface area contributed by atoms with Crippen molar-refractivity contribution in [3.05, 3.63) is 30.6 Å². The fourth-order valence-electron chi connectivity index (χ4n) is 2.43. The highest BCUT2D eigenvalue weighted by molar-refractivity contribution is 5.95. The smallest absolute Gasteiger partial charge is 0.253 e. The lowest BCUT2D eigenvalue weighted by Gasteiger charge is -2.26. The maximum Gasteiger partial charge on any atom is 0.253 e. The summed E-state index contributed by atoms with van der Waals surface area (Å²) in [6.45, 7) is 2.51. The van der Waals surface area contributed by atoms with Crippen molar-refractivity contribution in [2.45, 2.75) is 6.92 Å². The van der Waals surface area contributed by atoms with E-state index in [1.54, 1.807) is 29.4 Å². The van der Waals surface area contributed by atoms with Gasteiger partial charge in [0.15, 0.2) is 0 Å². The minimum absolute atomic E-state index is 0.0864. The highest BCUT2D eigenvalue weighted by Gasteiger charge is 2.20. The fraction of sp³-hybridized carbons (Fsp3) is 0.250. The molecule has 2 aromatic heterocycles. The molecule has 8 heteroatoms. The molecule has 0 bridgehead atoms. The SMILES string of the molecule is CC(=O)Nc1cc(N)c(-c2ccc(N3CCOCC3=O)cn2)cn1. The number of aromatic nitrogens is 2. The van der Waals surface area contributed by atoms with Crippen LogP contribution in [0.5, 0.6) is 0 Å². The molecule has 124 valence electrons. The van der Waals surface area contributed by atoms with Crippen LogP contribution in [0.2, 0.25) is 0 Å². The average molecular weight is 327 g/mol. The second kappa shape index (κ2) is 6.63. The Morgan fingerprint density at radius 3 is 2.79 bits per heavy atom. The van der Waals surface area contributed by atoms with Gasteiger partial charge in [0, 0.05) is 37.0 Å². The van der Waals surface area contributed by atoms with Crippen LogP contribution in [-0.2, 0) is 14.3 Å². The molecule has 1 fully saturated rings. The molecule has 3 N–H and O–H groups in total. The number of carbonyl (C=O) groups excluding carboxylic acids is 2. The zero-order valence-electron chi connectivity index (χ0n) is 13.2. The van der Waals surface area contributed by atoms with E-state index < -0.39 is 0 Å². The molecule has 24 heavy (non-hydrogen) atoms. The molecule has 0 aliphatic carbocycles. The molecular weight excluding hydrogens is 310 g/mol. The van der Waals surface area contributed by atoms with Crippen molar-refractivity contribution in [1.29, 1.82) is 0 Å². The third-order valence-electron chi connectivity index (χ3n) is 3.56. The van der Waals surface area contributed by atoms with Crippen LogP contribution in [0, 0.1) is 0 Å². The predicted molar refractivity (Wildman–Crippen MR) is 89.4 cm³/mol. The molecule has 1 saturated heterocycles. The molecule has 0 atom stereocenters. The predicted octanol–water partition coefficient (Wildman–Crippen LogP) is 1.05. The fourth-order valence-corrected chi connectivity index (χ4v) is 2.43. The number of rotatable bonds is 3. The van der Waals surface area contributed by atoms with Crippen LogP contribution in [0.3, 0.4) is 0 Å². The van der Waals surface area contributed by atoms with Crippen molar-refractivity contribution in [2.24, 2.45) is 0 Å². The molecule has 0 spiro atoms. The minimum atomic E-state index is -0.215. The van der Waals surface area contributed by atoms with Gasteiger partial charge in [0.1, 0.15) is 12.4 Å². The number of nitrogens with zero attached hydrogens (tertiary/aromatic N) is 3. The summed E-state index contributed by atoms with van der Waals surface area (Å²) >= 11 is 0. The highest BCUT2D eigenvalue weighted by Crippen LogP contribution is 2.27. The van der Waals surface area contributed by atoms with E-state index >= 15 is 0 Å². The van der Waals surface area contributed by atoms with Crippen LogP contribution in [0.25, 0.3) is 11.3 Å². The quantitative estimate of drug-likeness (QED) is 0.872. The van der Waals surface area contributed by atoms with Gasteiger partial charge < -0.3 is 20.7 Å². The monoisotopic (exact) mass is 327 g/mol. The summed E-state index contributed by atoms with van der Waals surface area (Å²) in [6.07, 6.45) is 3.18. The lowest BCUT2D eigenvalue weighted by atomic mass is 10.1. The van der Waals surface area contributed by atoms with Crippen molar-refractivity contribution in [3.8, 4) is 11.3 Å². The van der Waals surface area contributed by atoms with E-state index in [-0.39, 0.29) is 18.4 Å². The lowest BCUT2D eigenvalue weighted by Crippen LogP contribution is -2.41. The highest BCUT2D eigenvalue weighted by atomic mass is 16.5. The van der Waals surface area contributed by atoms with E-state index in [4.69, 9.17) is 10.5 Å². The molecular formula is C16H17N5O3. The zero-order chi connectivity index (χ0) is 17.1. The second-order valence-corrected chi connectivity index (χ2v) is 5.34.